The lowest BCUT2D eigenvalue weighted by Crippen LogP contribution is -2.55. The van der Waals surface area contributed by atoms with Gasteiger partial charge in [-0.15, -0.1) is 0 Å². The third-order valence-electron chi connectivity index (χ3n) is 8.15. The van der Waals surface area contributed by atoms with Crippen LogP contribution in [0, 0.1) is 11.3 Å². The van der Waals surface area contributed by atoms with Gasteiger partial charge in [-0.25, -0.2) is 4.79 Å². The van der Waals surface area contributed by atoms with Crippen molar-refractivity contribution in [1.29, 1.82) is 0 Å². The third kappa shape index (κ3) is 4.58. The fraction of sp³-hybridized carbons (Fsp3) is 0.731. The maximum absolute atomic E-state index is 12.5. The second-order valence-corrected chi connectivity index (χ2v) is 12.3. The molecule has 176 valence electrons. The molecule has 2 unspecified atom stereocenters. The van der Waals surface area contributed by atoms with Crippen molar-refractivity contribution in [3.8, 4) is 0 Å². The first-order valence-electron chi connectivity index (χ1n) is 12.3. The molecule has 3 fully saturated rings. The SMILES string of the molecule is C[C@H]1CN(Cc2cccc(B3OC(C)(C)C(C)(C)C4CC34)c2)CCN1C(=O)OC(C)(C)C. The number of benzene rings is 1. The van der Waals surface area contributed by atoms with Crippen LogP contribution in [0.4, 0.5) is 4.79 Å². The van der Waals surface area contributed by atoms with Crippen LogP contribution < -0.4 is 5.46 Å². The monoisotopic (exact) mass is 440 g/mol. The largest absolute Gasteiger partial charge is 0.444 e. The Morgan fingerprint density at radius 1 is 1.22 bits per heavy atom. The maximum Gasteiger partial charge on any atom is 0.410 e. The molecule has 0 aromatic heterocycles. The van der Waals surface area contributed by atoms with Gasteiger partial charge in [-0.05, 0) is 69.7 Å². The first-order valence-corrected chi connectivity index (χ1v) is 12.3. The van der Waals surface area contributed by atoms with E-state index in [1.54, 1.807) is 0 Å². The van der Waals surface area contributed by atoms with E-state index in [1.807, 2.05) is 25.7 Å². The van der Waals surface area contributed by atoms with Crippen LogP contribution in [0.15, 0.2) is 24.3 Å². The Bertz CT molecular complexity index is 863. The number of nitrogens with zero attached hydrogens (tertiary/aromatic N) is 2. The van der Waals surface area contributed by atoms with Gasteiger partial charge in [0.05, 0.1) is 5.60 Å². The number of carbonyl (C=O) groups is 1. The van der Waals surface area contributed by atoms with Gasteiger partial charge in [0, 0.05) is 32.2 Å². The number of carbonyl (C=O) groups excluding carboxylic acids is 1. The smallest absolute Gasteiger partial charge is 0.410 e. The fourth-order valence-electron chi connectivity index (χ4n) is 5.59. The highest BCUT2D eigenvalue weighted by atomic mass is 16.6. The molecule has 1 aliphatic carbocycles. The van der Waals surface area contributed by atoms with E-state index in [1.165, 1.54) is 17.4 Å². The number of piperazine rings is 1. The summed E-state index contributed by atoms with van der Waals surface area (Å²) in [6.07, 6.45) is 1.07. The molecule has 2 aliphatic heterocycles. The van der Waals surface area contributed by atoms with Gasteiger partial charge in [0.1, 0.15) is 5.60 Å². The van der Waals surface area contributed by atoms with Crippen LogP contribution in [0.25, 0.3) is 0 Å². The summed E-state index contributed by atoms with van der Waals surface area (Å²) in [6, 6.07) is 9.12. The van der Waals surface area contributed by atoms with Gasteiger partial charge in [0.15, 0.2) is 0 Å². The van der Waals surface area contributed by atoms with Crippen molar-refractivity contribution in [3.05, 3.63) is 29.8 Å². The van der Waals surface area contributed by atoms with Gasteiger partial charge in [0.2, 0.25) is 0 Å². The van der Waals surface area contributed by atoms with Crippen molar-refractivity contribution in [2.75, 3.05) is 19.6 Å². The average molecular weight is 440 g/mol. The molecule has 32 heavy (non-hydrogen) atoms. The van der Waals surface area contributed by atoms with Crippen LogP contribution in [0.1, 0.15) is 67.4 Å². The predicted octanol–water partition coefficient (Wildman–Crippen LogP) is 4.55. The Morgan fingerprint density at radius 2 is 1.94 bits per heavy atom. The summed E-state index contributed by atoms with van der Waals surface area (Å²) in [6.45, 7) is 20.6. The van der Waals surface area contributed by atoms with Crippen molar-refractivity contribution in [2.24, 2.45) is 11.3 Å². The summed E-state index contributed by atoms with van der Waals surface area (Å²) in [7, 11) is 0. The molecule has 2 heterocycles. The molecule has 1 amide bonds. The summed E-state index contributed by atoms with van der Waals surface area (Å²) in [5.74, 6) is 1.40. The Balaban J connectivity index is 1.39. The number of amides is 1. The van der Waals surface area contributed by atoms with Gasteiger partial charge in [-0.1, -0.05) is 44.5 Å². The molecule has 1 saturated carbocycles. The molecule has 5 nitrogen and oxygen atoms in total. The first kappa shape index (κ1) is 23.6. The van der Waals surface area contributed by atoms with E-state index in [9.17, 15) is 4.79 Å². The number of ether oxygens (including phenoxy) is 1. The molecule has 0 bridgehead atoms. The molecule has 0 spiro atoms. The van der Waals surface area contributed by atoms with Crippen LogP contribution in [0.3, 0.4) is 0 Å². The maximum atomic E-state index is 12.5. The van der Waals surface area contributed by atoms with Crippen LogP contribution in [0.2, 0.25) is 5.82 Å². The van der Waals surface area contributed by atoms with Crippen LogP contribution in [-0.2, 0) is 15.9 Å². The van der Waals surface area contributed by atoms with Gasteiger partial charge < -0.3 is 14.3 Å². The minimum Gasteiger partial charge on any atom is -0.444 e. The molecule has 4 rings (SSSR count). The van der Waals surface area contributed by atoms with Crippen molar-refractivity contribution >= 4 is 18.5 Å². The van der Waals surface area contributed by atoms with E-state index in [0.29, 0.717) is 12.4 Å². The van der Waals surface area contributed by atoms with Crippen molar-refractivity contribution < 1.29 is 14.2 Å². The number of hydrogen-bond acceptors (Lipinski definition) is 4. The second-order valence-electron chi connectivity index (χ2n) is 12.3. The van der Waals surface area contributed by atoms with Crippen molar-refractivity contribution in [1.82, 2.24) is 9.80 Å². The van der Waals surface area contributed by atoms with E-state index in [4.69, 9.17) is 9.39 Å². The molecule has 0 N–H and O–H groups in total. The minimum absolute atomic E-state index is 0.126. The minimum atomic E-state index is -0.458. The fourth-order valence-corrected chi connectivity index (χ4v) is 5.59. The molecule has 3 aliphatic rings. The van der Waals surface area contributed by atoms with Gasteiger partial charge in [-0.2, -0.15) is 0 Å². The predicted molar refractivity (Wildman–Crippen MR) is 130 cm³/mol. The summed E-state index contributed by atoms with van der Waals surface area (Å²) in [5, 5.41) is 0. The van der Waals surface area contributed by atoms with Crippen LogP contribution >= 0.6 is 0 Å². The first-order chi connectivity index (χ1) is 14.8. The molecule has 2 saturated heterocycles. The van der Waals surface area contributed by atoms with Gasteiger partial charge in [0.25, 0.3) is 0 Å². The number of fused-ring (bicyclic) bond motifs is 1. The highest BCUT2D eigenvalue weighted by Gasteiger charge is 2.64. The number of hydrogen-bond donors (Lipinski definition) is 0. The van der Waals surface area contributed by atoms with E-state index >= 15 is 0 Å². The average Bonchev–Trinajstić information content (AvgIpc) is 3.46. The van der Waals surface area contributed by atoms with E-state index in [2.05, 4.69) is 63.8 Å². The van der Waals surface area contributed by atoms with E-state index in [-0.39, 0.29) is 30.1 Å². The second kappa shape index (κ2) is 8.05. The molecular formula is C26H41BN2O3. The van der Waals surface area contributed by atoms with Crippen LogP contribution in [-0.4, -0.2) is 59.7 Å². The summed E-state index contributed by atoms with van der Waals surface area (Å²) < 4.78 is 12.3. The standard InChI is InChI=1S/C26H41BN2O3/c1-18-16-28(12-13-29(18)23(30)31-24(2,3)4)17-19-10-9-11-20(14-19)27-22-15-21(22)25(5,6)26(7,8)32-27/h9-11,14,18,21-22H,12-13,15-17H2,1-8H3/t18-,21?,22?/m0/s1. The van der Waals surface area contributed by atoms with Gasteiger partial charge in [-0.3, -0.25) is 4.90 Å². The summed E-state index contributed by atoms with van der Waals surface area (Å²) in [4.78, 5) is 16.8. The molecule has 1 aromatic rings. The zero-order chi connectivity index (χ0) is 23.5. The molecule has 1 aromatic carbocycles. The summed E-state index contributed by atoms with van der Waals surface area (Å²) in [5.41, 5.74) is 2.27. The Labute approximate surface area is 194 Å². The molecule has 0 radical (unpaired) electrons. The lowest BCUT2D eigenvalue weighted by Gasteiger charge is -2.48. The van der Waals surface area contributed by atoms with Crippen molar-refractivity contribution in [2.45, 2.75) is 91.4 Å². The zero-order valence-electron chi connectivity index (χ0n) is 21.3. The quantitative estimate of drug-likeness (QED) is 0.647. The van der Waals surface area contributed by atoms with E-state index < -0.39 is 5.60 Å². The lowest BCUT2D eigenvalue weighted by atomic mass is 9.50. The highest BCUT2D eigenvalue weighted by molar-refractivity contribution is 6.70. The number of rotatable bonds is 3. The van der Waals surface area contributed by atoms with Gasteiger partial charge >= 0.3 is 13.0 Å². The third-order valence-corrected chi connectivity index (χ3v) is 8.15. The van der Waals surface area contributed by atoms with E-state index in [0.717, 1.165) is 25.6 Å². The Kier molecular flexibility index (Phi) is 5.95. The lowest BCUT2D eigenvalue weighted by molar-refractivity contribution is -0.0399. The van der Waals surface area contributed by atoms with Crippen molar-refractivity contribution in [3.63, 3.8) is 0 Å². The zero-order valence-corrected chi connectivity index (χ0v) is 21.3. The molecule has 6 heteroatoms. The Morgan fingerprint density at radius 3 is 2.59 bits per heavy atom. The molecule has 3 atom stereocenters. The normalized spacial score (nSPS) is 29.4. The topological polar surface area (TPSA) is 42.0 Å². The Hall–Kier alpha value is -1.53. The molecular weight excluding hydrogens is 399 g/mol. The highest BCUT2D eigenvalue weighted by Crippen LogP contribution is 2.65. The van der Waals surface area contributed by atoms with Crippen LogP contribution in [0.5, 0.6) is 0 Å². The summed E-state index contributed by atoms with van der Waals surface area (Å²) >= 11 is 0.